The predicted molar refractivity (Wildman–Crippen MR) is 116 cm³/mol. The van der Waals surface area contributed by atoms with Gasteiger partial charge in [0.2, 0.25) is 0 Å². The van der Waals surface area contributed by atoms with Gasteiger partial charge in [0, 0.05) is 59.3 Å². The summed E-state index contributed by atoms with van der Waals surface area (Å²) in [5.74, 6) is 3.21. The summed E-state index contributed by atoms with van der Waals surface area (Å²) in [7, 11) is 3.67. The van der Waals surface area contributed by atoms with E-state index in [1.165, 1.54) is 37.1 Å². The molecule has 5 heteroatoms. The minimum absolute atomic E-state index is 0.610. The number of guanidine groups is 1. The van der Waals surface area contributed by atoms with Crippen LogP contribution in [0.4, 0.5) is 0 Å². The maximum atomic E-state index is 5.33. The van der Waals surface area contributed by atoms with Gasteiger partial charge in [-0.1, -0.05) is 38.1 Å². The molecule has 1 aromatic rings. The number of rotatable bonds is 6. The Balaban J connectivity index is 1.58. The number of ether oxygens (including phenoxy) is 1. The lowest BCUT2D eigenvalue weighted by Gasteiger charge is -2.35. The number of aliphatic imine (C=N–C) groups is 1. The Kier molecular flexibility index (Phi) is 7.74. The minimum Gasteiger partial charge on any atom is -0.384 e. The van der Waals surface area contributed by atoms with Gasteiger partial charge < -0.3 is 15.0 Å². The molecule has 2 heterocycles. The van der Waals surface area contributed by atoms with Gasteiger partial charge in [-0.15, -0.1) is 0 Å². The van der Waals surface area contributed by atoms with Crippen molar-refractivity contribution in [3.63, 3.8) is 0 Å². The number of likely N-dealkylation sites (tertiary alicyclic amines) is 2. The smallest absolute Gasteiger partial charge is 0.193 e. The van der Waals surface area contributed by atoms with Crippen molar-refractivity contribution in [2.24, 2.45) is 22.7 Å². The molecule has 0 bridgehead atoms. The topological polar surface area (TPSA) is 40.1 Å². The van der Waals surface area contributed by atoms with Crippen LogP contribution in [-0.4, -0.2) is 62.7 Å². The lowest BCUT2D eigenvalue weighted by molar-refractivity contribution is 0.134. The Bertz CT molecular complexity index is 637. The van der Waals surface area contributed by atoms with Crippen molar-refractivity contribution in [2.45, 2.75) is 39.8 Å². The minimum atomic E-state index is 0.610. The molecule has 2 saturated heterocycles. The van der Waals surface area contributed by atoms with E-state index in [4.69, 9.17) is 4.74 Å². The van der Waals surface area contributed by atoms with E-state index in [0.29, 0.717) is 5.92 Å². The first kappa shape index (κ1) is 21.1. The summed E-state index contributed by atoms with van der Waals surface area (Å²) in [5, 5.41) is 3.60. The van der Waals surface area contributed by atoms with Gasteiger partial charge in [0.1, 0.15) is 0 Å². The predicted octanol–water partition coefficient (Wildman–Crippen LogP) is 3.21. The number of nitrogens with zero attached hydrogens (tertiary/aromatic N) is 3. The van der Waals surface area contributed by atoms with Crippen LogP contribution in [0.1, 0.15) is 37.8 Å². The van der Waals surface area contributed by atoms with Gasteiger partial charge in [-0.2, -0.15) is 0 Å². The fourth-order valence-corrected chi connectivity index (χ4v) is 4.95. The molecular formula is C23H38N4O. The van der Waals surface area contributed by atoms with Crippen molar-refractivity contribution >= 4 is 5.96 Å². The molecule has 0 amide bonds. The highest BCUT2D eigenvalue weighted by Gasteiger charge is 2.25. The third-order valence-corrected chi connectivity index (χ3v) is 6.09. The summed E-state index contributed by atoms with van der Waals surface area (Å²) in [5.41, 5.74) is 2.81. The molecule has 0 radical (unpaired) electrons. The van der Waals surface area contributed by atoms with Crippen LogP contribution < -0.4 is 5.32 Å². The van der Waals surface area contributed by atoms with Crippen molar-refractivity contribution in [2.75, 3.05) is 46.9 Å². The number of hydrogen-bond donors (Lipinski definition) is 1. The SMILES string of the molecule is CN=C(NCc1ccccc1CN1CC(C)CC(C)C1)N1CCC(COC)C1. The Morgan fingerprint density at radius 1 is 1.14 bits per heavy atom. The van der Waals surface area contributed by atoms with Gasteiger partial charge in [0.05, 0.1) is 6.61 Å². The van der Waals surface area contributed by atoms with Gasteiger partial charge in [-0.05, 0) is 35.8 Å². The molecule has 156 valence electrons. The lowest BCUT2D eigenvalue weighted by atomic mass is 9.91. The zero-order valence-electron chi connectivity index (χ0n) is 18.2. The first-order valence-corrected chi connectivity index (χ1v) is 10.8. The number of hydrogen-bond acceptors (Lipinski definition) is 3. The van der Waals surface area contributed by atoms with E-state index in [0.717, 1.165) is 50.6 Å². The summed E-state index contributed by atoms with van der Waals surface area (Å²) in [4.78, 5) is 9.51. The Labute approximate surface area is 171 Å². The summed E-state index contributed by atoms with van der Waals surface area (Å²) in [6.45, 7) is 12.0. The van der Waals surface area contributed by atoms with E-state index < -0.39 is 0 Å². The second-order valence-corrected chi connectivity index (χ2v) is 8.87. The van der Waals surface area contributed by atoms with Crippen molar-refractivity contribution in [3.05, 3.63) is 35.4 Å². The summed E-state index contributed by atoms with van der Waals surface area (Å²) >= 11 is 0. The zero-order chi connectivity index (χ0) is 19.9. The first-order chi connectivity index (χ1) is 13.6. The quantitative estimate of drug-likeness (QED) is 0.602. The molecule has 3 atom stereocenters. The monoisotopic (exact) mass is 386 g/mol. The van der Waals surface area contributed by atoms with Crippen molar-refractivity contribution in [1.29, 1.82) is 0 Å². The second-order valence-electron chi connectivity index (χ2n) is 8.87. The largest absolute Gasteiger partial charge is 0.384 e. The van der Waals surface area contributed by atoms with Gasteiger partial charge >= 0.3 is 0 Å². The maximum absolute atomic E-state index is 5.33. The van der Waals surface area contributed by atoms with Crippen molar-refractivity contribution in [3.8, 4) is 0 Å². The molecule has 5 nitrogen and oxygen atoms in total. The molecule has 0 spiro atoms. The molecule has 1 N–H and O–H groups in total. The fraction of sp³-hybridized carbons (Fsp3) is 0.696. The molecular weight excluding hydrogens is 348 g/mol. The normalized spacial score (nSPS) is 26.6. The van der Waals surface area contributed by atoms with Crippen LogP contribution in [0.3, 0.4) is 0 Å². The molecule has 0 aromatic heterocycles. The number of piperidine rings is 1. The fourth-order valence-electron chi connectivity index (χ4n) is 4.95. The van der Waals surface area contributed by atoms with Crippen molar-refractivity contribution < 1.29 is 4.74 Å². The molecule has 28 heavy (non-hydrogen) atoms. The average molecular weight is 387 g/mol. The average Bonchev–Trinajstić information content (AvgIpc) is 3.11. The van der Waals surface area contributed by atoms with Crippen LogP contribution in [0.2, 0.25) is 0 Å². The van der Waals surface area contributed by atoms with E-state index in [9.17, 15) is 0 Å². The highest BCUT2D eigenvalue weighted by Crippen LogP contribution is 2.23. The molecule has 3 rings (SSSR count). The van der Waals surface area contributed by atoms with E-state index >= 15 is 0 Å². The second kappa shape index (κ2) is 10.3. The van der Waals surface area contributed by atoms with Crippen molar-refractivity contribution in [1.82, 2.24) is 15.1 Å². The standard InChI is InChI=1S/C23H38N4O/c1-18-11-19(2)14-26(13-18)16-22-8-6-5-7-21(22)12-25-23(24-3)27-10-9-20(15-27)17-28-4/h5-8,18-20H,9-17H2,1-4H3,(H,24,25). The highest BCUT2D eigenvalue weighted by molar-refractivity contribution is 5.80. The highest BCUT2D eigenvalue weighted by atomic mass is 16.5. The van der Waals surface area contributed by atoms with Gasteiger partial charge in [-0.25, -0.2) is 0 Å². The van der Waals surface area contributed by atoms with Gasteiger partial charge in [-0.3, -0.25) is 9.89 Å². The Morgan fingerprint density at radius 2 is 1.86 bits per heavy atom. The summed E-state index contributed by atoms with van der Waals surface area (Å²) in [6, 6.07) is 8.85. The number of nitrogens with one attached hydrogen (secondary N) is 1. The summed E-state index contributed by atoms with van der Waals surface area (Å²) in [6.07, 6.45) is 2.53. The van der Waals surface area contributed by atoms with Crippen LogP contribution in [0.5, 0.6) is 0 Å². The van der Waals surface area contributed by atoms with Gasteiger partial charge in [0.25, 0.3) is 0 Å². The van der Waals surface area contributed by atoms with E-state index in [1.807, 2.05) is 7.05 Å². The molecule has 0 saturated carbocycles. The van der Waals surface area contributed by atoms with E-state index in [-0.39, 0.29) is 0 Å². The third-order valence-electron chi connectivity index (χ3n) is 6.09. The van der Waals surface area contributed by atoms with Crippen LogP contribution in [0.25, 0.3) is 0 Å². The van der Waals surface area contributed by atoms with Crippen LogP contribution in [0.15, 0.2) is 29.3 Å². The Hall–Kier alpha value is -1.59. The Morgan fingerprint density at radius 3 is 2.54 bits per heavy atom. The van der Waals surface area contributed by atoms with E-state index in [2.05, 4.69) is 58.2 Å². The van der Waals surface area contributed by atoms with Crippen LogP contribution >= 0.6 is 0 Å². The van der Waals surface area contributed by atoms with Crippen LogP contribution in [-0.2, 0) is 17.8 Å². The molecule has 2 aliphatic heterocycles. The molecule has 2 aliphatic rings. The number of methoxy groups -OCH3 is 1. The molecule has 1 aromatic carbocycles. The van der Waals surface area contributed by atoms with Crippen LogP contribution in [0, 0.1) is 17.8 Å². The molecule has 2 fully saturated rings. The first-order valence-electron chi connectivity index (χ1n) is 10.8. The molecule has 0 aliphatic carbocycles. The zero-order valence-corrected chi connectivity index (χ0v) is 18.2. The summed E-state index contributed by atoms with van der Waals surface area (Å²) < 4.78 is 5.33. The number of benzene rings is 1. The lowest BCUT2D eigenvalue weighted by Crippen LogP contribution is -2.40. The third kappa shape index (κ3) is 5.71. The van der Waals surface area contributed by atoms with E-state index in [1.54, 1.807) is 7.11 Å². The van der Waals surface area contributed by atoms with Gasteiger partial charge in [0.15, 0.2) is 5.96 Å². The maximum Gasteiger partial charge on any atom is 0.193 e. The molecule has 3 unspecified atom stereocenters.